The van der Waals surface area contributed by atoms with Gasteiger partial charge in [0, 0.05) is 23.8 Å². The number of nitrogens with one attached hydrogen (secondary N) is 2. The number of carbonyl (C=O) groups excluding carboxylic acids is 1. The number of aromatic nitrogens is 3. The van der Waals surface area contributed by atoms with E-state index in [0.717, 1.165) is 5.69 Å². The van der Waals surface area contributed by atoms with Crippen LogP contribution < -0.4 is 10.6 Å². The molecular weight excluding hydrogens is 416 g/mol. The Labute approximate surface area is 175 Å². The lowest BCUT2D eigenvalue weighted by Crippen LogP contribution is -2.15. The number of anilines is 2. The lowest BCUT2D eigenvalue weighted by Gasteiger charge is -2.07. The van der Waals surface area contributed by atoms with Gasteiger partial charge in [0.2, 0.25) is 5.91 Å². The third kappa shape index (κ3) is 5.46. The predicted molar refractivity (Wildman–Crippen MR) is 112 cm³/mol. The molecule has 3 aromatic rings. The van der Waals surface area contributed by atoms with E-state index < -0.39 is 4.92 Å². The molecule has 0 aliphatic heterocycles. The van der Waals surface area contributed by atoms with Crippen LogP contribution in [0.4, 0.5) is 17.1 Å². The van der Waals surface area contributed by atoms with Crippen molar-refractivity contribution in [2.75, 3.05) is 16.4 Å². The Morgan fingerprint density at radius 3 is 2.66 bits per heavy atom. The Kier molecular flexibility index (Phi) is 6.68. The summed E-state index contributed by atoms with van der Waals surface area (Å²) in [6.45, 7) is 0.452. The van der Waals surface area contributed by atoms with E-state index in [0.29, 0.717) is 22.5 Å². The number of benzene rings is 2. The van der Waals surface area contributed by atoms with Crippen molar-refractivity contribution in [3.63, 3.8) is 0 Å². The summed E-state index contributed by atoms with van der Waals surface area (Å²) in [6, 6.07) is 13.3. The molecule has 0 bridgehead atoms. The highest BCUT2D eigenvalue weighted by molar-refractivity contribution is 7.99. The Bertz CT molecular complexity index is 1020. The molecular formula is C18H17ClN6O3S. The van der Waals surface area contributed by atoms with Crippen LogP contribution in [0.25, 0.3) is 0 Å². The number of rotatable bonds is 8. The number of hydrogen-bond acceptors (Lipinski definition) is 7. The molecule has 0 aliphatic carbocycles. The van der Waals surface area contributed by atoms with Gasteiger partial charge in [-0.2, -0.15) is 0 Å². The van der Waals surface area contributed by atoms with Gasteiger partial charge in [-0.3, -0.25) is 14.9 Å². The van der Waals surface area contributed by atoms with E-state index >= 15 is 0 Å². The van der Waals surface area contributed by atoms with E-state index in [1.165, 1.54) is 23.9 Å². The summed E-state index contributed by atoms with van der Waals surface area (Å²) in [5.41, 5.74) is 0.907. The van der Waals surface area contributed by atoms with Crippen molar-refractivity contribution in [3.05, 3.63) is 69.5 Å². The van der Waals surface area contributed by atoms with Gasteiger partial charge < -0.3 is 15.2 Å². The van der Waals surface area contributed by atoms with Crippen LogP contribution in [0.15, 0.2) is 53.7 Å². The topological polar surface area (TPSA) is 115 Å². The highest BCUT2D eigenvalue weighted by Crippen LogP contribution is 2.24. The molecule has 150 valence electrons. The van der Waals surface area contributed by atoms with Gasteiger partial charge in [-0.1, -0.05) is 35.5 Å². The maximum atomic E-state index is 12.2. The number of nitrogens with zero attached hydrogens (tertiary/aromatic N) is 4. The van der Waals surface area contributed by atoms with Crippen molar-refractivity contribution in [3.8, 4) is 0 Å². The van der Waals surface area contributed by atoms with E-state index in [9.17, 15) is 14.9 Å². The lowest BCUT2D eigenvalue weighted by atomic mass is 10.2. The van der Waals surface area contributed by atoms with Gasteiger partial charge in [-0.25, -0.2) is 0 Å². The van der Waals surface area contributed by atoms with Crippen LogP contribution in [0, 0.1) is 10.1 Å². The number of nitro benzene ring substituents is 1. The quantitative estimate of drug-likeness (QED) is 0.316. The average Bonchev–Trinajstić information content (AvgIpc) is 3.06. The molecule has 0 aliphatic rings. The number of thioether (sulfide) groups is 1. The summed E-state index contributed by atoms with van der Waals surface area (Å²) in [4.78, 5) is 22.7. The second kappa shape index (κ2) is 9.39. The Morgan fingerprint density at radius 2 is 1.93 bits per heavy atom. The maximum absolute atomic E-state index is 12.2. The largest absolute Gasteiger partial charge is 0.378 e. The first-order chi connectivity index (χ1) is 13.9. The van der Waals surface area contributed by atoms with Crippen molar-refractivity contribution in [2.24, 2.45) is 7.05 Å². The summed E-state index contributed by atoms with van der Waals surface area (Å²) in [5.74, 6) is 0.373. The van der Waals surface area contributed by atoms with E-state index in [2.05, 4.69) is 20.8 Å². The standard InChI is InChI=1S/C18H17ClN6O3S/c1-24-16(10-20-13-8-6-12(19)7-9-13)22-23-18(24)29-11-17(26)21-14-4-2-3-5-15(14)25(27)28/h2-9,20H,10-11H2,1H3,(H,21,26). The Hall–Kier alpha value is -3.11. The van der Waals surface area contributed by atoms with E-state index in [-0.39, 0.29) is 23.0 Å². The maximum Gasteiger partial charge on any atom is 0.292 e. The van der Waals surface area contributed by atoms with Crippen molar-refractivity contribution < 1.29 is 9.72 Å². The average molecular weight is 433 g/mol. The van der Waals surface area contributed by atoms with Gasteiger partial charge in [0.25, 0.3) is 5.69 Å². The predicted octanol–water partition coefficient (Wildman–Crippen LogP) is 3.72. The summed E-state index contributed by atoms with van der Waals surface area (Å²) in [7, 11) is 1.81. The zero-order chi connectivity index (χ0) is 20.8. The van der Waals surface area contributed by atoms with Gasteiger partial charge in [0.15, 0.2) is 11.0 Å². The molecule has 29 heavy (non-hydrogen) atoms. The highest BCUT2D eigenvalue weighted by atomic mass is 35.5. The molecule has 0 atom stereocenters. The Balaban J connectivity index is 1.55. The lowest BCUT2D eigenvalue weighted by molar-refractivity contribution is -0.383. The number of nitro groups is 1. The molecule has 1 amide bonds. The molecule has 0 radical (unpaired) electrons. The van der Waals surface area contributed by atoms with Crippen molar-refractivity contribution in [1.29, 1.82) is 0 Å². The molecule has 9 nitrogen and oxygen atoms in total. The number of para-hydroxylation sites is 2. The van der Waals surface area contributed by atoms with E-state index in [1.54, 1.807) is 35.9 Å². The Morgan fingerprint density at radius 1 is 1.21 bits per heavy atom. The van der Waals surface area contributed by atoms with Crippen molar-refractivity contribution in [2.45, 2.75) is 11.7 Å². The number of amides is 1. The highest BCUT2D eigenvalue weighted by Gasteiger charge is 2.16. The zero-order valence-corrected chi connectivity index (χ0v) is 16.9. The van der Waals surface area contributed by atoms with Crippen molar-refractivity contribution in [1.82, 2.24) is 14.8 Å². The minimum atomic E-state index is -0.536. The fourth-order valence-electron chi connectivity index (χ4n) is 2.43. The third-order valence-electron chi connectivity index (χ3n) is 3.93. The van der Waals surface area contributed by atoms with Crippen LogP contribution in [0.1, 0.15) is 5.82 Å². The monoisotopic (exact) mass is 432 g/mol. The fourth-order valence-corrected chi connectivity index (χ4v) is 3.28. The fraction of sp³-hybridized carbons (Fsp3) is 0.167. The van der Waals surface area contributed by atoms with Crippen LogP contribution in [-0.4, -0.2) is 31.3 Å². The summed E-state index contributed by atoms with van der Waals surface area (Å²) < 4.78 is 1.78. The minimum Gasteiger partial charge on any atom is -0.378 e. The van der Waals surface area contributed by atoms with Crippen LogP contribution in [0.5, 0.6) is 0 Å². The van der Waals surface area contributed by atoms with Gasteiger partial charge in [-0.15, -0.1) is 10.2 Å². The zero-order valence-electron chi connectivity index (χ0n) is 15.3. The second-order valence-corrected chi connectivity index (χ2v) is 7.31. The SMILES string of the molecule is Cn1c(CNc2ccc(Cl)cc2)nnc1SCC(=O)Nc1ccccc1[N+](=O)[O-]. The normalized spacial score (nSPS) is 10.6. The number of hydrogen-bond donors (Lipinski definition) is 2. The summed E-state index contributed by atoms with van der Waals surface area (Å²) in [5, 5.41) is 26.3. The van der Waals surface area contributed by atoms with E-state index in [4.69, 9.17) is 11.6 Å². The molecule has 0 saturated carbocycles. The summed E-state index contributed by atoms with van der Waals surface area (Å²) in [6.07, 6.45) is 0. The molecule has 3 rings (SSSR count). The first kappa shape index (κ1) is 20.6. The second-order valence-electron chi connectivity index (χ2n) is 5.93. The van der Waals surface area contributed by atoms with Gasteiger partial charge >= 0.3 is 0 Å². The van der Waals surface area contributed by atoms with E-state index in [1.807, 2.05) is 12.1 Å². The van der Waals surface area contributed by atoms with Crippen LogP contribution in [0.2, 0.25) is 5.02 Å². The number of carbonyl (C=O) groups is 1. The first-order valence-electron chi connectivity index (χ1n) is 8.48. The molecule has 0 unspecified atom stereocenters. The van der Waals surface area contributed by atoms with Crippen LogP contribution >= 0.6 is 23.4 Å². The summed E-state index contributed by atoms with van der Waals surface area (Å²) >= 11 is 7.07. The van der Waals surface area contributed by atoms with Gasteiger partial charge in [0.1, 0.15) is 5.69 Å². The molecule has 0 spiro atoms. The van der Waals surface area contributed by atoms with Crippen LogP contribution in [-0.2, 0) is 18.4 Å². The molecule has 0 saturated heterocycles. The molecule has 2 N–H and O–H groups in total. The molecule has 1 heterocycles. The molecule has 2 aromatic carbocycles. The molecule has 11 heteroatoms. The van der Waals surface area contributed by atoms with Gasteiger partial charge in [0.05, 0.1) is 17.2 Å². The van der Waals surface area contributed by atoms with Crippen LogP contribution in [0.3, 0.4) is 0 Å². The minimum absolute atomic E-state index is 0.0443. The molecule has 0 fully saturated rings. The first-order valence-corrected chi connectivity index (χ1v) is 9.84. The number of halogens is 1. The third-order valence-corrected chi connectivity index (χ3v) is 5.20. The smallest absolute Gasteiger partial charge is 0.292 e. The van der Waals surface area contributed by atoms with Gasteiger partial charge in [-0.05, 0) is 30.3 Å². The molecule has 1 aromatic heterocycles. The van der Waals surface area contributed by atoms with Crippen molar-refractivity contribution >= 4 is 46.3 Å².